The molecule has 0 saturated heterocycles. The van der Waals surface area contributed by atoms with E-state index in [-0.39, 0.29) is 41.6 Å². The average Bonchev–Trinajstić information content (AvgIpc) is 3.53. The molecule has 0 spiro atoms. The van der Waals surface area contributed by atoms with Crippen LogP contribution in [0.5, 0.6) is 5.88 Å². The summed E-state index contributed by atoms with van der Waals surface area (Å²) in [4.78, 5) is 27.3. The summed E-state index contributed by atoms with van der Waals surface area (Å²) >= 11 is 0. The minimum absolute atomic E-state index is 0.00941. The maximum Gasteiger partial charge on any atom is 0.435 e. The fraction of sp³-hybridized carbons (Fsp3) is 0.222. The molecule has 1 atom stereocenters. The Morgan fingerprint density at radius 1 is 1.15 bits per heavy atom. The summed E-state index contributed by atoms with van der Waals surface area (Å²) < 4.78 is 60.1. The van der Waals surface area contributed by atoms with Crippen molar-refractivity contribution in [1.29, 1.82) is 0 Å². The lowest BCUT2D eigenvalue weighted by Gasteiger charge is -2.25. The van der Waals surface area contributed by atoms with Crippen LogP contribution in [0.1, 0.15) is 39.3 Å². The molecule has 13 heteroatoms. The molecule has 1 aliphatic heterocycles. The molecule has 0 radical (unpaired) electrons. The van der Waals surface area contributed by atoms with Crippen LogP contribution < -0.4 is 9.64 Å². The van der Waals surface area contributed by atoms with Gasteiger partial charge >= 0.3 is 6.18 Å². The summed E-state index contributed by atoms with van der Waals surface area (Å²) in [6, 6.07) is 12.8. The van der Waals surface area contributed by atoms with Gasteiger partial charge in [-0.15, -0.1) is 0 Å². The predicted molar refractivity (Wildman–Crippen MR) is 135 cm³/mol. The topological polar surface area (TPSA) is 108 Å². The second-order valence-corrected chi connectivity index (χ2v) is 9.07. The number of halogens is 3. The minimum Gasteiger partial charge on any atom is -0.465 e. The van der Waals surface area contributed by atoms with Crippen molar-refractivity contribution in [3.05, 3.63) is 89.3 Å². The zero-order valence-corrected chi connectivity index (χ0v) is 21.2. The Labute approximate surface area is 225 Å². The molecule has 0 N–H and O–H groups in total. The molecule has 40 heavy (non-hydrogen) atoms. The van der Waals surface area contributed by atoms with E-state index in [4.69, 9.17) is 13.9 Å². The quantitative estimate of drug-likeness (QED) is 0.299. The van der Waals surface area contributed by atoms with Gasteiger partial charge in [-0.2, -0.15) is 23.3 Å². The summed E-state index contributed by atoms with van der Waals surface area (Å²) in [6.07, 6.45) is -2.65. The van der Waals surface area contributed by atoms with Crippen molar-refractivity contribution in [3.63, 3.8) is 0 Å². The summed E-state index contributed by atoms with van der Waals surface area (Å²) in [5, 5.41) is 3.92. The number of alkyl halides is 3. The van der Waals surface area contributed by atoms with E-state index in [9.17, 15) is 18.0 Å². The normalized spacial score (nSPS) is 15.2. The fourth-order valence-electron chi connectivity index (χ4n) is 4.54. The molecular formula is C27H21F3N6O4. The molecule has 0 aliphatic carbocycles. The third kappa shape index (κ3) is 4.64. The first-order chi connectivity index (χ1) is 19.2. The number of benzene rings is 1. The van der Waals surface area contributed by atoms with Crippen LogP contribution in [0.4, 0.5) is 18.9 Å². The smallest absolute Gasteiger partial charge is 0.435 e. The first kappa shape index (κ1) is 25.5. The first-order valence-corrected chi connectivity index (χ1v) is 12.1. The van der Waals surface area contributed by atoms with Crippen molar-refractivity contribution in [2.24, 2.45) is 0 Å². The number of carbonyl (C=O) groups excluding carboxylic acids is 1. The summed E-state index contributed by atoms with van der Waals surface area (Å²) in [5.41, 5.74) is 0.741. The molecule has 5 heterocycles. The van der Waals surface area contributed by atoms with Crippen molar-refractivity contribution in [2.45, 2.75) is 25.8 Å². The van der Waals surface area contributed by atoms with Crippen molar-refractivity contribution in [3.8, 4) is 11.6 Å². The summed E-state index contributed by atoms with van der Waals surface area (Å²) in [6.45, 7) is 1.40. The van der Waals surface area contributed by atoms with Gasteiger partial charge < -0.3 is 18.8 Å². The molecule has 0 fully saturated rings. The van der Waals surface area contributed by atoms with Gasteiger partial charge in [0.2, 0.25) is 5.88 Å². The number of fused-ring (bicyclic) bond motifs is 2. The lowest BCUT2D eigenvalue weighted by atomic mass is 10.1. The average molecular weight is 550 g/mol. The molecular weight excluding hydrogens is 529 g/mol. The molecule has 6 rings (SSSR count). The van der Waals surface area contributed by atoms with Gasteiger partial charge in [0.25, 0.3) is 5.91 Å². The van der Waals surface area contributed by atoms with Crippen LogP contribution in [-0.2, 0) is 17.5 Å². The van der Waals surface area contributed by atoms with Crippen LogP contribution in [0.15, 0.2) is 65.3 Å². The van der Waals surface area contributed by atoms with Gasteiger partial charge in [0.1, 0.15) is 0 Å². The maximum atomic E-state index is 14.0. The zero-order valence-electron chi connectivity index (χ0n) is 21.2. The van der Waals surface area contributed by atoms with E-state index in [0.29, 0.717) is 22.8 Å². The minimum atomic E-state index is -4.73. The Morgan fingerprint density at radius 3 is 2.77 bits per heavy atom. The second kappa shape index (κ2) is 9.75. The number of oxazole rings is 1. The third-order valence-electron chi connectivity index (χ3n) is 6.38. The molecule has 5 aromatic rings. The standard InChI is InChI=1S/C27H21F3N6O4/c1-15-33-25-20(39-15)11-18(12-32-25)35(2)26(37)16-6-5-7-17(10-16)36-23-19(24(34-36)27(28,29)30)13-38-14-21(23)40-22-8-3-4-9-31-22/h3-12,21H,13-14H2,1-2H3. The fourth-order valence-corrected chi connectivity index (χ4v) is 4.54. The molecule has 4 aromatic heterocycles. The Hall–Kier alpha value is -4.78. The summed E-state index contributed by atoms with van der Waals surface area (Å²) in [5.74, 6) is 0.252. The molecule has 1 amide bonds. The molecule has 1 aromatic carbocycles. The Bertz CT molecular complexity index is 1720. The van der Waals surface area contributed by atoms with E-state index >= 15 is 0 Å². The lowest BCUT2D eigenvalue weighted by molar-refractivity contribution is -0.143. The van der Waals surface area contributed by atoms with Crippen LogP contribution in [0.2, 0.25) is 0 Å². The Kier molecular flexibility index (Phi) is 6.22. The molecule has 0 bridgehead atoms. The van der Waals surface area contributed by atoms with E-state index in [2.05, 4.69) is 20.1 Å². The SMILES string of the molecule is Cc1nc2ncc(N(C)C(=O)c3cccc(-n4nc(C(F)(F)F)c5c4C(Oc4ccccn4)COC5)c3)cc2o1. The highest BCUT2D eigenvalue weighted by Gasteiger charge is 2.43. The van der Waals surface area contributed by atoms with Gasteiger partial charge in [0, 0.05) is 43.4 Å². The number of ether oxygens (including phenoxy) is 2. The number of hydrogen-bond donors (Lipinski definition) is 0. The monoisotopic (exact) mass is 550 g/mol. The Balaban J connectivity index is 1.38. The van der Waals surface area contributed by atoms with Crippen LogP contribution >= 0.6 is 0 Å². The van der Waals surface area contributed by atoms with Gasteiger partial charge in [-0.25, -0.2) is 14.6 Å². The van der Waals surface area contributed by atoms with E-state index in [1.165, 1.54) is 23.4 Å². The largest absolute Gasteiger partial charge is 0.465 e. The highest BCUT2D eigenvalue weighted by Crippen LogP contribution is 2.39. The van der Waals surface area contributed by atoms with E-state index in [1.807, 2.05) is 0 Å². The first-order valence-electron chi connectivity index (χ1n) is 12.1. The van der Waals surface area contributed by atoms with Crippen molar-refractivity contribution in [2.75, 3.05) is 18.6 Å². The second-order valence-electron chi connectivity index (χ2n) is 9.07. The number of hydrogen-bond acceptors (Lipinski definition) is 8. The van der Waals surface area contributed by atoms with Crippen LogP contribution in [0, 0.1) is 6.92 Å². The third-order valence-corrected chi connectivity index (χ3v) is 6.38. The van der Waals surface area contributed by atoms with Gasteiger partial charge in [0.15, 0.2) is 28.9 Å². The van der Waals surface area contributed by atoms with Gasteiger partial charge in [-0.1, -0.05) is 12.1 Å². The number of carbonyl (C=O) groups is 1. The Morgan fingerprint density at radius 2 is 2.00 bits per heavy atom. The lowest BCUT2D eigenvalue weighted by Crippen LogP contribution is -2.27. The molecule has 204 valence electrons. The van der Waals surface area contributed by atoms with Crippen molar-refractivity contribution >= 4 is 22.8 Å². The maximum absolute atomic E-state index is 14.0. The number of nitrogens with zero attached hydrogens (tertiary/aromatic N) is 6. The number of amides is 1. The highest BCUT2D eigenvalue weighted by molar-refractivity contribution is 6.06. The highest BCUT2D eigenvalue weighted by atomic mass is 19.4. The van der Waals surface area contributed by atoms with E-state index < -0.39 is 23.9 Å². The number of aryl methyl sites for hydroxylation is 1. The number of rotatable bonds is 5. The van der Waals surface area contributed by atoms with Gasteiger partial charge in [-0.05, 0) is 24.3 Å². The number of anilines is 1. The molecule has 0 saturated carbocycles. The molecule has 10 nitrogen and oxygen atoms in total. The van der Waals surface area contributed by atoms with Crippen LogP contribution in [-0.4, -0.2) is 44.3 Å². The molecule has 1 unspecified atom stereocenters. The molecule has 1 aliphatic rings. The van der Waals surface area contributed by atoms with Crippen molar-refractivity contribution in [1.82, 2.24) is 24.7 Å². The van der Waals surface area contributed by atoms with Gasteiger partial charge in [0.05, 0.1) is 36.5 Å². The van der Waals surface area contributed by atoms with E-state index in [1.54, 1.807) is 56.4 Å². The number of aromatic nitrogens is 5. The van der Waals surface area contributed by atoms with Crippen molar-refractivity contribution < 1.29 is 31.9 Å². The van der Waals surface area contributed by atoms with Crippen LogP contribution in [0.25, 0.3) is 16.9 Å². The van der Waals surface area contributed by atoms with Crippen LogP contribution in [0.3, 0.4) is 0 Å². The van der Waals surface area contributed by atoms with Gasteiger partial charge in [-0.3, -0.25) is 4.79 Å². The predicted octanol–water partition coefficient (Wildman–Crippen LogP) is 5.06. The zero-order chi connectivity index (χ0) is 28.0. The number of pyridine rings is 2. The van der Waals surface area contributed by atoms with E-state index in [0.717, 1.165) is 4.68 Å². The summed E-state index contributed by atoms with van der Waals surface area (Å²) in [7, 11) is 1.56.